The van der Waals surface area contributed by atoms with Crippen LogP contribution in [0.1, 0.15) is 42.7 Å². The summed E-state index contributed by atoms with van der Waals surface area (Å²) in [6, 6.07) is 4.75. The number of carbonyl (C=O) groups is 1. The molecule has 1 atom stereocenters. The average Bonchev–Trinajstić information content (AvgIpc) is 2.68. The monoisotopic (exact) mass is 449 g/mol. The molecular formula is C23H22F3NO5. The third kappa shape index (κ3) is 4.47. The Morgan fingerprint density at radius 1 is 1.12 bits per heavy atom. The minimum Gasteiger partial charge on any atom is -0.489 e. The summed E-state index contributed by atoms with van der Waals surface area (Å²) in [5.41, 5.74) is -1.86. The van der Waals surface area contributed by atoms with Gasteiger partial charge in [0, 0.05) is 18.3 Å². The van der Waals surface area contributed by atoms with Gasteiger partial charge in [-0.25, -0.2) is 18.0 Å². The topological polar surface area (TPSA) is 88.8 Å². The van der Waals surface area contributed by atoms with Crippen molar-refractivity contribution in [2.24, 2.45) is 5.41 Å². The normalized spacial score (nSPS) is 12.7. The molecule has 32 heavy (non-hydrogen) atoms. The molecule has 0 saturated carbocycles. The number of aromatic nitrogens is 1. The molecule has 3 aromatic rings. The number of carboxylic acids is 1. The number of fused-ring (bicyclic) bond motifs is 1. The average molecular weight is 449 g/mol. The summed E-state index contributed by atoms with van der Waals surface area (Å²) < 4.78 is 47.7. The lowest BCUT2D eigenvalue weighted by Gasteiger charge is -2.32. The van der Waals surface area contributed by atoms with Crippen LogP contribution in [0.4, 0.5) is 13.2 Å². The number of aliphatic hydroxyl groups is 1. The quantitative estimate of drug-likeness (QED) is 0.587. The van der Waals surface area contributed by atoms with Crippen molar-refractivity contribution in [2.45, 2.75) is 33.4 Å². The van der Waals surface area contributed by atoms with Crippen LogP contribution in [-0.2, 0) is 6.61 Å². The van der Waals surface area contributed by atoms with Crippen molar-refractivity contribution < 1.29 is 32.9 Å². The molecule has 0 bridgehead atoms. The fraction of sp³-hybridized carbons (Fsp3) is 0.304. The van der Waals surface area contributed by atoms with E-state index in [4.69, 9.17) is 4.74 Å². The number of carboxylic acid groups (broad SMARTS) is 1. The highest BCUT2D eigenvalue weighted by molar-refractivity contribution is 5.93. The van der Waals surface area contributed by atoms with Gasteiger partial charge in [0.1, 0.15) is 35.4 Å². The maximum absolute atomic E-state index is 13.9. The van der Waals surface area contributed by atoms with Gasteiger partial charge in [0.05, 0.1) is 29.1 Å². The van der Waals surface area contributed by atoms with E-state index in [9.17, 15) is 33.0 Å². The molecular weight excluding hydrogens is 427 g/mol. The highest BCUT2D eigenvalue weighted by Crippen LogP contribution is 2.33. The first-order chi connectivity index (χ1) is 14.9. The molecule has 0 aliphatic rings. The zero-order valence-corrected chi connectivity index (χ0v) is 17.7. The molecule has 0 fully saturated rings. The maximum atomic E-state index is 13.9. The van der Waals surface area contributed by atoms with E-state index in [1.807, 2.05) is 20.8 Å². The second kappa shape index (κ2) is 8.66. The molecule has 1 heterocycles. The standard InChI is InChI=1S/C23H22F3NO5/c1-23(2,3)20(10-28)27-9-15(22(30)31)21(29)14-8-13(4-5-19(14)27)32-11-16-17(25)6-12(24)7-18(16)26/h4-9,20,28H,10-11H2,1-3H3,(H,30,31)/t20-/m1/s1. The van der Waals surface area contributed by atoms with E-state index < -0.39 is 58.0 Å². The first-order valence-corrected chi connectivity index (χ1v) is 9.73. The Kier molecular flexibility index (Phi) is 6.32. The van der Waals surface area contributed by atoms with Crippen LogP contribution in [0, 0.1) is 22.9 Å². The van der Waals surface area contributed by atoms with Gasteiger partial charge in [-0.05, 0) is 23.6 Å². The van der Waals surface area contributed by atoms with Crippen molar-refractivity contribution in [3.8, 4) is 5.75 Å². The minimum atomic E-state index is -1.43. The van der Waals surface area contributed by atoms with Crippen molar-refractivity contribution in [1.82, 2.24) is 4.57 Å². The SMILES string of the molecule is CC(C)(C)[C@@H](CO)n1cc(C(=O)O)c(=O)c2cc(OCc3c(F)cc(F)cc3F)ccc21. The molecule has 0 amide bonds. The maximum Gasteiger partial charge on any atom is 0.341 e. The lowest BCUT2D eigenvalue weighted by atomic mass is 9.86. The van der Waals surface area contributed by atoms with Gasteiger partial charge in [-0.3, -0.25) is 4.79 Å². The zero-order chi connectivity index (χ0) is 23.8. The number of halogens is 3. The molecule has 0 spiro atoms. The summed E-state index contributed by atoms with van der Waals surface area (Å²) >= 11 is 0. The van der Waals surface area contributed by atoms with Gasteiger partial charge in [-0.15, -0.1) is 0 Å². The molecule has 1 aromatic heterocycles. The van der Waals surface area contributed by atoms with Crippen LogP contribution in [0.15, 0.2) is 41.3 Å². The van der Waals surface area contributed by atoms with Crippen LogP contribution in [0.5, 0.6) is 5.75 Å². The van der Waals surface area contributed by atoms with Crippen molar-refractivity contribution in [3.63, 3.8) is 0 Å². The number of ether oxygens (including phenoxy) is 1. The van der Waals surface area contributed by atoms with Gasteiger partial charge in [-0.1, -0.05) is 20.8 Å². The molecule has 0 aliphatic heterocycles. The molecule has 0 unspecified atom stereocenters. The second-order valence-electron chi connectivity index (χ2n) is 8.46. The summed E-state index contributed by atoms with van der Waals surface area (Å²) in [7, 11) is 0. The molecule has 2 N–H and O–H groups in total. The van der Waals surface area contributed by atoms with E-state index in [2.05, 4.69) is 0 Å². The van der Waals surface area contributed by atoms with Crippen LogP contribution in [0.3, 0.4) is 0 Å². The largest absolute Gasteiger partial charge is 0.489 e. The van der Waals surface area contributed by atoms with Crippen LogP contribution >= 0.6 is 0 Å². The van der Waals surface area contributed by atoms with Gasteiger partial charge in [0.25, 0.3) is 0 Å². The van der Waals surface area contributed by atoms with E-state index in [1.165, 1.54) is 29.0 Å². The van der Waals surface area contributed by atoms with E-state index in [0.717, 1.165) is 0 Å². The summed E-state index contributed by atoms with van der Waals surface area (Å²) in [6.07, 6.45) is 1.20. The molecule has 0 radical (unpaired) electrons. The van der Waals surface area contributed by atoms with Crippen molar-refractivity contribution in [1.29, 1.82) is 0 Å². The number of pyridine rings is 1. The predicted molar refractivity (Wildman–Crippen MR) is 111 cm³/mol. The van der Waals surface area contributed by atoms with E-state index in [1.54, 1.807) is 0 Å². The number of hydrogen-bond acceptors (Lipinski definition) is 4. The van der Waals surface area contributed by atoms with Crippen LogP contribution in [0.2, 0.25) is 0 Å². The smallest absolute Gasteiger partial charge is 0.341 e. The second-order valence-corrected chi connectivity index (χ2v) is 8.46. The Balaban J connectivity index is 2.11. The summed E-state index contributed by atoms with van der Waals surface area (Å²) in [6.45, 7) is 4.71. The molecule has 2 aromatic carbocycles. The number of aromatic carboxylic acids is 1. The van der Waals surface area contributed by atoms with Gasteiger partial charge in [-0.2, -0.15) is 0 Å². The molecule has 0 aliphatic carbocycles. The predicted octanol–water partition coefficient (Wildman–Crippen LogP) is 4.28. The lowest BCUT2D eigenvalue weighted by Crippen LogP contribution is -2.30. The summed E-state index contributed by atoms with van der Waals surface area (Å²) in [4.78, 5) is 24.4. The third-order valence-electron chi connectivity index (χ3n) is 5.23. The number of benzene rings is 2. The minimum absolute atomic E-state index is 0.00477. The number of rotatable bonds is 6. The zero-order valence-electron chi connectivity index (χ0n) is 17.7. The number of nitrogens with zero attached hydrogens (tertiary/aromatic N) is 1. The Morgan fingerprint density at radius 3 is 2.28 bits per heavy atom. The highest BCUT2D eigenvalue weighted by Gasteiger charge is 2.28. The van der Waals surface area contributed by atoms with Crippen LogP contribution < -0.4 is 10.2 Å². The Hall–Kier alpha value is -3.33. The van der Waals surface area contributed by atoms with Gasteiger partial charge < -0.3 is 19.5 Å². The molecule has 170 valence electrons. The van der Waals surface area contributed by atoms with Crippen LogP contribution in [0.25, 0.3) is 10.9 Å². The fourth-order valence-corrected chi connectivity index (χ4v) is 3.48. The Labute approximate surface area is 181 Å². The number of aliphatic hydroxyl groups excluding tert-OH is 1. The van der Waals surface area contributed by atoms with E-state index in [0.29, 0.717) is 17.6 Å². The van der Waals surface area contributed by atoms with Gasteiger partial charge in [0.2, 0.25) is 5.43 Å². The lowest BCUT2D eigenvalue weighted by molar-refractivity contribution is 0.0692. The van der Waals surface area contributed by atoms with Gasteiger partial charge in [0.15, 0.2) is 0 Å². The van der Waals surface area contributed by atoms with Crippen molar-refractivity contribution >= 4 is 16.9 Å². The first-order valence-electron chi connectivity index (χ1n) is 9.73. The van der Waals surface area contributed by atoms with Crippen molar-refractivity contribution in [3.05, 3.63) is 75.3 Å². The summed E-state index contributed by atoms with van der Waals surface area (Å²) in [5.74, 6) is -4.67. The molecule has 9 heteroatoms. The molecule has 6 nitrogen and oxygen atoms in total. The third-order valence-corrected chi connectivity index (χ3v) is 5.23. The number of hydrogen-bond donors (Lipinski definition) is 2. The Bertz CT molecular complexity index is 1220. The van der Waals surface area contributed by atoms with Crippen molar-refractivity contribution in [2.75, 3.05) is 6.61 Å². The first kappa shape index (κ1) is 23.3. The van der Waals surface area contributed by atoms with E-state index in [-0.39, 0.29) is 17.7 Å². The highest BCUT2D eigenvalue weighted by atomic mass is 19.1. The fourth-order valence-electron chi connectivity index (χ4n) is 3.48. The van der Waals surface area contributed by atoms with Crippen LogP contribution in [-0.4, -0.2) is 27.4 Å². The van der Waals surface area contributed by atoms with E-state index >= 15 is 0 Å². The van der Waals surface area contributed by atoms with Gasteiger partial charge >= 0.3 is 5.97 Å². The molecule has 0 saturated heterocycles. The molecule has 3 rings (SSSR count). The Morgan fingerprint density at radius 2 is 1.75 bits per heavy atom. The summed E-state index contributed by atoms with van der Waals surface area (Å²) in [5, 5.41) is 19.4.